The number of hydrazine groups is 1. The summed E-state index contributed by atoms with van der Waals surface area (Å²) in [5, 5.41) is 0. The van der Waals surface area contributed by atoms with E-state index in [2.05, 4.69) is 41.4 Å². The Morgan fingerprint density at radius 2 is 1.90 bits per heavy atom. The summed E-state index contributed by atoms with van der Waals surface area (Å²) < 4.78 is 5.69. The summed E-state index contributed by atoms with van der Waals surface area (Å²) in [7, 11) is 0. The number of nitrogen functional groups attached to an aromatic ring is 1. The summed E-state index contributed by atoms with van der Waals surface area (Å²) in [5.74, 6) is 7.87. The molecular formula is C15H20N4O. The quantitative estimate of drug-likeness (QED) is 0.646. The zero-order valence-corrected chi connectivity index (χ0v) is 12.1. The Labute approximate surface area is 119 Å². The fourth-order valence-corrected chi connectivity index (χ4v) is 1.87. The van der Waals surface area contributed by atoms with Crippen molar-refractivity contribution in [3.63, 3.8) is 0 Å². The van der Waals surface area contributed by atoms with Crippen molar-refractivity contribution in [2.75, 3.05) is 5.43 Å². The fourth-order valence-electron chi connectivity index (χ4n) is 1.87. The number of anilines is 1. The van der Waals surface area contributed by atoms with Crippen LogP contribution in [-0.4, -0.2) is 9.97 Å². The SMILES string of the molecule is Cc1cc(NN)nc(COc2ccc(C(C)C)cc2)n1. The molecule has 0 atom stereocenters. The molecule has 0 fully saturated rings. The summed E-state index contributed by atoms with van der Waals surface area (Å²) in [6.45, 7) is 6.54. The number of aromatic nitrogens is 2. The standard InChI is InChI=1S/C15H20N4O/c1-10(2)12-4-6-13(7-5-12)20-9-15-17-11(3)8-14(18-15)19-16/h4-8,10H,9,16H2,1-3H3,(H,17,18,19). The molecule has 0 saturated carbocycles. The van der Waals surface area contributed by atoms with Gasteiger partial charge in [-0.25, -0.2) is 15.8 Å². The van der Waals surface area contributed by atoms with E-state index in [1.165, 1.54) is 5.56 Å². The second kappa shape index (κ2) is 6.34. The van der Waals surface area contributed by atoms with Gasteiger partial charge in [0.25, 0.3) is 0 Å². The Bertz CT molecular complexity index is 567. The van der Waals surface area contributed by atoms with E-state index in [4.69, 9.17) is 10.6 Å². The minimum Gasteiger partial charge on any atom is -0.486 e. The van der Waals surface area contributed by atoms with E-state index in [0.29, 0.717) is 24.2 Å². The van der Waals surface area contributed by atoms with Gasteiger partial charge in [0.2, 0.25) is 0 Å². The number of ether oxygens (including phenoxy) is 1. The van der Waals surface area contributed by atoms with Crippen LogP contribution in [0.25, 0.3) is 0 Å². The van der Waals surface area contributed by atoms with Crippen molar-refractivity contribution < 1.29 is 4.74 Å². The molecule has 1 heterocycles. The van der Waals surface area contributed by atoms with Gasteiger partial charge in [0.05, 0.1) is 0 Å². The van der Waals surface area contributed by atoms with Crippen LogP contribution in [0.4, 0.5) is 5.82 Å². The maximum absolute atomic E-state index is 5.69. The molecule has 0 saturated heterocycles. The summed E-state index contributed by atoms with van der Waals surface area (Å²) in [4.78, 5) is 8.55. The highest BCUT2D eigenvalue weighted by molar-refractivity contribution is 5.34. The van der Waals surface area contributed by atoms with Crippen molar-refractivity contribution in [1.29, 1.82) is 0 Å². The van der Waals surface area contributed by atoms with Crippen LogP contribution in [0.2, 0.25) is 0 Å². The number of nitrogens with one attached hydrogen (secondary N) is 1. The Kier molecular flexibility index (Phi) is 4.53. The molecule has 0 aliphatic carbocycles. The third-order valence-corrected chi connectivity index (χ3v) is 2.96. The van der Waals surface area contributed by atoms with Crippen LogP contribution in [0, 0.1) is 6.92 Å². The lowest BCUT2D eigenvalue weighted by Crippen LogP contribution is -2.12. The average Bonchev–Trinajstić information content (AvgIpc) is 2.45. The van der Waals surface area contributed by atoms with Gasteiger partial charge in [-0.2, -0.15) is 0 Å². The molecule has 0 spiro atoms. The minimum absolute atomic E-state index is 0.317. The first-order valence-electron chi connectivity index (χ1n) is 6.62. The van der Waals surface area contributed by atoms with E-state index in [1.54, 1.807) is 6.07 Å². The molecule has 5 nitrogen and oxygen atoms in total. The number of nitrogens with zero attached hydrogens (tertiary/aromatic N) is 2. The number of hydrogen-bond acceptors (Lipinski definition) is 5. The first-order chi connectivity index (χ1) is 9.58. The second-order valence-corrected chi connectivity index (χ2v) is 4.97. The van der Waals surface area contributed by atoms with Crippen molar-refractivity contribution in [2.45, 2.75) is 33.3 Å². The largest absolute Gasteiger partial charge is 0.486 e. The maximum atomic E-state index is 5.69. The number of aryl methyl sites for hydroxylation is 1. The summed E-state index contributed by atoms with van der Waals surface area (Å²) in [6, 6.07) is 9.86. The van der Waals surface area contributed by atoms with Crippen molar-refractivity contribution in [3.05, 3.63) is 47.4 Å². The molecule has 3 N–H and O–H groups in total. The van der Waals surface area contributed by atoms with Crippen LogP contribution in [0.3, 0.4) is 0 Å². The molecule has 0 bridgehead atoms. The lowest BCUT2D eigenvalue weighted by atomic mass is 10.0. The number of benzene rings is 1. The zero-order chi connectivity index (χ0) is 14.5. The van der Waals surface area contributed by atoms with E-state index >= 15 is 0 Å². The molecule has 0 unspecified atom stereocenters. The highest BCUT2D eigenvalue weighted by Gasteiger charge is 2.04. The maximum Gasteiger partial charge on any atom is 0.168 e. The Morgan fingerprint density at radius 3 is 2.50 bits per heavy atom. The van der Waals surface area contributed by atoms with Gasteiger partial charge in [-0.1, -0.05) is 26.0 Å². The topological polar surface area (TPSA) is 73.1 Å². The van der Waals surface area contributed by atoms with E-state index < -0.39 is 0 Å². The summed E-state index contributed by atoms with van der Waals surface area (Å²) in [6.07, 6.45) is 0. The predicted molar refractivity (Wildman–Crippen MR) is 79.4 cm³/mol. The first kappa shape index (κ1) is 14.3. The van der Waals surface area contributed by atoms with Crippen molar-refractivity contribution in [3.8, 4) is 5.75 Å². The van der Waals surface area contributed by atoms with Crippen molar-refractivity contribution >= 4 is 5.82 Å². The van der Waals surface area contributed by atoms with Crippen molar-refractivity contribution in [2.24, 2.45) is 5.84 Å². The Balaban J connectivity index is 2.03. The van der Waals surface area contributed by atoms with E-state index in [-0.39, 0.29) is 0 Å². The third-order valence-electron chi connectivity index (χ3n) is 2.96. The zero-order valence-electron chi connectivity index (χ0n) is 12.1. The summed E-state index contributed by atoms with van der Waals surface area (Å²) in [5.41, 5.74) is 4.66. The van der Waals surface area contributed by atoms with Gasteiger partial charge in [0.1, 0.15) is 18.2 Å². The van der Waals surface area contributed by atoms with Gasteiger partial charge >= 0.3 is 0 Å². The predicted octanol–water partition coefficient (Wildman–Crippen LogP) is 2.77. The smallest absolute Gasteiger partial charge is 0.168 e. The van der Waals surface area contributed by atoms with E-state index in [0.717, 1.165) is 11.4 Å². The molecule has 20 heavy (non-hydrogen) atoms. The normalized spacial score (nSPS) is 10.7. The molecule has 0 radical (unpaired) electrons. The second-order valence-electron chi connectivity index (χ2n) is 4.97. The van der Waals surface area contributed by atoms with Crippen LogP contribution in [0.1, 0.15) is 36.8 Å². The van der Waals surface area contributed by atoms with E-state index in [1.807, 2.05) is 19.1 Å². The average molecular weight is 272 g/mol. The number of rotatable bonds is 5. The number of hydrogen-bond donors (Lipinski definition) is 2. The monoisotopic (exact) mass is 272 g/mol. The Hall–Kier alpha value is -2.14. The van der Waals surface area contributed by atoms with Gasteiger partial charge in [0, 0.05) is 11.8 Å². The molecule has 2 rings (SSSR count). The van der Waals surface area contributed by atoms with Crippen LogP contribution in [0.5, 0.6) is 5.75 Å². The molecule has 1 aromatic heterocycles. The number of nitrogens with two attached hydrogens (primary N) is 1. The minimum atomic E-state index is 0.317. The molecule has 0 aliphatic rings. The first-order valence-corrected chi connectivity index (χ1v) is 6.62. The highest BCUT2D eigenvalue weighted by atomic mass is 16.5. The Morgan fingerprint density at radius 1 is 1.20 bits per heavy atom. The van der Waals surface area contributed by atoms with Gasteiger partial charge < -0.3 is 10.2 Å². The summed E-state index contributed by atoms with van der Waals surface area (Å²) >= 11 is 0. The molecule has 1 aromatic carbocycles. The highest BCUT2D eigenvalue weighted by Crippen LogP contribution is 2.19. The molecule has 0 amide bonds. The van der Waals surface area contributed by atoms with Crippen LogP contribution in [0.15, 0.2) is 30.3 Å². The lowest BCUT2D eigenvalue weighted by molar-refractivity contribution is 0.295. The van der Waals surface area contributed by atoms with Gasteiger partial charge in [-0.15, -0.1) is 0 Å². The van der Waals surface area contributed by atoms with Crippen LogP contribution < -0.4 is 16.0 Å². The van der Waals surface area contributed by atoms with Gasteiger partial charge in [-0.05, 0) is 30.5 Å². The van der Waals surface area contributed by atoms with Crippen molar-refractivity contribution in [1.82, 2.24) is 9.97 Å². The van der Waals surface area contributed by atoms with Crippen LogP contribution in [-0.2, 0) is 6.61 Å². The molecule has 5 heteroatoms. The molecular weight excluding hydrogens is 252 g/mol. The van der Waals surface area contributed by atoms with E-state index in [9.17, 15) is 0 Å². The van der Waals surface area contributed by atoms with Crippen LogP contribution >= 0.6 is 0 Å². The fraction of sp³-hybridized carbons (Fsp3) is 0.333. The molecule has 0 aliphatic heterocycles. The molecule has 2 aromatic rings. The molecule has 106 valence electrons. The third kappa shape index (κ3) is 3.68. The lowest BCUT2D eigenvalue weighted by Gasteiger charge is -2.09. The van der Waals surface area contributed by atoms with Gasteiger partial charge in [0.15, 0.2) is 5.82 Å². The van der Waals surface area contributed by atoms with Gasteiger partial charge in [-0.3, -0.25) is 0 Å².